The Balaban J connectivity index is 3.01. The molecule has 13 heavy (non-hydrogen) atoms. The summed E-state index contributed by atoms with van der Waals surface area (Å²) in [6, 6.07) is 0.244. The number of nitrogens with one attached hydrogen (secondary N) is 1. The second kappa shape index (κ2) is 4.38. The van der Waals surface area contributed by atoms with E-state index in [0.717, 1.165) is 24.1 Å². The molecule has 2 heteroatoms. The van der Waals surface area contributed by atoms with Crippen LogP contribution in [0.1, 0.15) is 19.8 Å². The predicted octanol–water partition coefficient (Wildman–Crippen LogP) is 2.72. The molecular formula is C11H16FN. The maximum Gasteiger partial charge on any atom is 0.119 e. The van der Waals surface area contributed by atoms with Crippen LogP contribution in [0.4, 0.5) is 4.39 Å². The average molecular weight is 181 g/mol. The maximum atomic E-state index is 13.0. The minimum Gasteiger partial charge on any atom is -0.310 e. The minimum absolute atomic E-state index is 0.244. The number of allylic oxidation sites excluding steroid dienone is 1. The lowest BCUT2D eigenvalue weighted by molar-refractivity contribution is 0.517. The molecule has 1 aliphatic rings. The highest BCUT2D eigenvalue weighted by Crippen LogP contribution is 2.25. The molecule has 0 radical (unpaired) electrons. The van der Waals surface area contributed by atoms with E-state index in [4.69, 9.17) is 0 Å². The first-order valence-electron chi connectivity index (χ1n) is 4.64. The Hall–Kier alpha value is -0.890. The van der Waals surface area contributed by atoms with Crippen LogP contribution >= 0.6 is 0 Å². The molecule has 0 saturated heterocycles. The Kier molecular flexibility index (Phi) is 3.43. The van der Waals surface area contributed by atoms with Crippen LogP contribution in [0.5, 0.6) is 0 Å². The average Bonchev–Trinajstić information content (AvgIpc) is 2.16. The first-order valence-corrected chi connectivity index (χ1v) is 4.64. The van der Waals surface area contributed by atoms with Crippen LogP contribution in [0.25, 0.3) is 0 Å². The van der Waals surface area contributed by atoms with Crippen molar-refractivity contribution in [2.75, 3.05) is 6.54 Å². The summed E-state index contributed by atoms with van der Waals surface area (Å²) in [4.78, 5) is 0. The maximum absolute atomic E-state index is 13.0. The smallest absolute Gasteiger partial charge is 0.119 e. The summed E-state index contributed by atoms with van der Waals surface area (Å²) in [6.45, 7) is 9.96. The zero-order valence-corrected chi connectivity index (χ0v) is 8.07. The van der Waals surface area contributed by atoms with Gasteiger partial charge < -0.3 is 5.32 Å². The van der Waals surface area contributed by atoms with Gasteiger partial charge in [0.25, 0.3) is 0 Å². The summed E-state index contributed by atoms with van der Waals surface area (Å²) in [5, 5.41) is 3.32. The van der Waals surface area contributed by atoms with E-state index in [0.29, 0.717) is 6.42 Å². The molecule has 1 nitrogen and oxygen atoms in total. The summed E-state index contributed by atoms with van der Waals surface area (Å²) < 4.78 is 13.0. The normalized spacial score (nSPS) is 23.1. The van der Waals surface area contributed by atoms with E-state index >= 15 is 0 Å². The highest BCUT2D eigenvalue weighted by atomic mass is 19.1. The molecule has 0 aliphatic carbocycles. The van der Waals surface area contributed by atoms with Crippen LogP contribution in [0.3, 0.4) is 0 Å². The summed E-state index contributed by atoms with van der Waals surface area (Å²) in [5.74, 6) is -0.310. The molecule has 0 saturated carbocycles. The van der Waals surface area contributed by atoms with Crippen molar-refractivity contribution in [3.8, 4) is 0 Å². The van der Waals surface area contributed by atoms with Crippen molar-refractivity contribution < 1.29 is 4.39 Å². The zero-order chi connectivity index (χ0) is 9.84. The topological polar surface area (TPSA) is 12.0 Å². The van der Waals surface area contributed by atoms with Gasteiger partial charge in [0.05, 0.1) is 0 Å². The summed E-state index contributed by atoms with van der Waals surface area (Å²) >= 11 is 0. The summed E-state index contributed by atoms with van der Waals surface area (Å²) in [6.07, 6.45) is 3.41. The fourth-order valence-corrected chi connectivity index (χ4v) is 1.76. The molecule has 0 aromatic rings. The molecule has 0 spiro atoms. The van der Waals surface area contributed by atoms with Gasteiger partial charge in [-0.05, 0) is 30.5 Å². The largest absolute Gasteiger partial charge is 0.310 e. The van der Waals surface area contributed by atoms with Crippen molar-refractivity contribution in [2.45, 2.75) is 25.8 Å². The second-order valence-corrected chi connectivity index (χ2v) is 3.21. The third kappa shape index (κ3) is 2.07. The summed E-state index contributed by atoms with van der Waals surface area (Å²) in [7, 11) is 0. The molecular weight excluding hydrogens is 165 g/mol. The Morgan fingerprint density at radius 1 is 1.77 bits per heavy atom. The first-order chi connectivity index (χ1) is 6.20. The molecule has 1 heterocycles. The molecule has 1 N–H and O–H groups in total. The molecule has 0 bridgehead atoms. The molecule has 1 atom stereocenters. The number of rotatable bonds is 3. The van der Waals surface area contributed by atoms with Crippen LogP contribution in [0.15, 0.2) is 36.2 Å². The molecule has 0 aromatic heterocycles. The van der Waals surface area contributed by atoms with E-state index in [-0.39, 0.29) is 11.9 Å². The van der Waals surface area contributed by atoms with Crippen molar-refractivity contribution >= 4 is 0 Å². The van der Waals surface area contributed by atoms with E-state index in [1.165, 1.54) is 0 Å². The van der Waals surface area contributed by atoms with Crippen molar-refractivity contribution in [3.63, 3.8) is 0 Å². The second-order valence-electron chi connectivity index (χ2n) is 3.21. The van der Waals surface area contributed by atoms with Gasteiger partial charge in [-0.2, -0.15) is 0 Å². The molecule has 0 aromatic carbocycles. The highest BCUT2D eigenvalue weighted by Gasteiger charge is 2.20. The van der Waals surface area contributed by atoms with Crippen LogP contribution in [0, 0.1) is 0 Å². The summed E-state index contributed by atoms with van der Waals surface area (Å²) in [5.41, 5.74) is 1.71. The Morgan fingerprint density at radius 2 is 2.46 bits per heavy atom. The third-order valence-electron chi connectivity index (χ3n) is 2.45. The van der Waals surface area contributed by atoms with Crippen molar-refractivity contribution in [1.29, 1.82) is 0 Å². The molecule has 1 aliphatic heterocycles. The van der Waals surface area contributed by atoms with Gasteiger partial charge in [-0.1, -0.05) is 26.2 Å². The van der Waals surface area contributed by atoms with Crippen molar-refractivity contribution in [1.82, 2.24) is 5.32 Å². The van der Waals surface area contributed by atoms with Crippen molar-refractivity contribution in [3.05, 3.63) is 36.2 Å². The fourth-order valence-electron chi connectivity index (χ4n) is 1.76. The standard InChI is InChI=1S/C11H16FN/c1-4-9-10(8(3)12)6-7-13-11(9)5-2/h4,11,13H,1,3,5-7H2,2H3. The third-order valence-corrected chi connectivity index (χ3v) is 2.45. The molecule has 1 unspecified atom stereocenters. The minimum atomic E-state index is -0.310. The SMILES string of the molecule is C=CC1=C(C(=C)F)CCNC1CC. The van der Waals surface area contributed by atoms with E-state index in [1.807, 2.05) is 0 Å². The van der Waals surface area contributed by atoms with Gasteiger partial charge in [0.1, 0.15) is 5.83 Å². The lowest BCUT2D eigenvalue weighted by atomic mass is 9.92. The van der Waals surface area contributed by atoms with E-state index in [2.05, 4.69) is 25.4 Å². The molecule has 1 rings (SSSR count). The molecule has 0 amide bonds. The molecule has 72 valence electrons. The Bertz CT molecular complexity index is 253. The first kappa shape index (κ1) is 10.2. The van der Waals surface area contributed by atoms with Gasteiger partial charge in [-0.3, -0.25) is 0 Å². The quantitative estimate of drug-likeness (QED) is 0.706. The van der Waals surface area contributed by atoms with Gasteiger partial charge in [-0.25, -0.2) is 4.39 Å². The van der Waals surface area contributed by atoms with Crippen LogP contribution < -0.4 is 5.32 Å². The molecule has 0 fully saturated rings. The van der Waals surface area contributed by atoms with E-state index < -0.39 is 0 Å². The van der Waals surface area contributed by atoms with Crippen molar-refractivity contribution in [2.24, 2.45) is 0 Å². The van der Waals surface area contributed by atoms with Gasteiger partial charge in [-0.15, -0.1) is 0 Å². The van der Waals surface area contributed by atoms with Crippen LogP contribution in [0.2, 0.25) is 0 Å². The number of halogens is 1. The van der Waals surface area contributed by atoms with Gasteiger partial charge in [0.15, 0.2) is 0 Å². The fraction of sp³-hybridized carbons (Fsp3) is 0.455. The van der Waals surface area contributed by atoms with Crippen LogP contribution in [-0.4, -0.2) is 12.6 Å². The Morgan fingerprint density at radius 3 is 2.92 bits per heavy atom. The number of hydrogen-bond donors (Lipinski definition) is 1. The van der Waals surface area contributed by atoms with Gasteiger partial charge in [0.2, 0.25) is 0 Å². The van der Waals surface area contributed by atoms with Gasteiger partial charge in [0, 0.05) is 6.04 Å². The highest BCUT2D eigenvalue weighted by molar-refractivity contribution is 5.40. The number of hydrogen-bond acceptors (Lipinski definition) is 1. The lowest BCUT2D eigenvalue weighted by Gasteiger charge is -2.26. The van der Waals surface area contributed by atoms with Crippen LogP contribution in [-0.2, 0) is 0 Å². The predicted molar refractivity (Wildman–Crippen MR) is 54.2 cm³/mol. The monoisotopic (exact) mass is 181 g/mol. The zero-order valence-electron chi connectivity index (χ0n) is 8.07. The van der Waals surface area contributed by atoms with E-state index in [9.17, 15) is 4.39 Å². The van der Waals surface area contributed by atoms with Gasteiger partial charge >= 0.3 is 0 Å². The van der Waals surface area contributed by atoms with E-state index in [1.54, 1.807) is 6.08 Å². The Labute approximate surface area is 79.0 Å². The lowest BCUT2D eigenvalue weighted by Crippen LogP contribution is -2.35.